The Morgan fingerprint density at radius 1 is 0.707 bits per heavy atom. The summed E-state index contributed by atoms with van der Waals surface area (Å²) < 4.78 is 18.4. The van der Waals surface area contributed by atoms with Crippen LogP contribution >= 0.6 is 0 Å². The van der Waals surface area contributed by atoms with Crippen LogP contribution in [0, 0.1) is 17.8 Å². The van der Waals surface area contributed by atoms with Crippen LogP contribution in [-0.2, 0) is 46.6 Å². The lowest BCUT2D eigenvalue weighted by molar-refractivity contribution is -0.170. The maximum atomic E-state index is 14.1. The first-order valence-electron chi connectivity index (χ1n) is 21.5. The Kier molecular flexibility index (Phi) is 24.8. The van der Waals surface area contributed by atoms with Crippen molar-refractivity contribution in [1.82, 2.24) is 10.6 Å². The van der Waals surface area contributed by atoms with E-state index in [1.165, 1.54) is 65.2 Å². The molecular formula is C46H73N3O9. The summed E-state index contributed by atoms with van der Waals surface area (Å²) in [4.78, 5) is 53.1. The third-order valence-corrected chi connectivity index (χ3v) is 10.7. The fraction of sp³-hybridized carbons (Fsp3) is 0.652. The lowest BCUT2D eigenvalue weighted by Crippen LogP contribution is -2.59. The van der Waals surface area contributed by atoms with Crippen molar-refractivity contribution in [2.75, 3.05) is 6.61 Å². The van der Waals surface area contributed by atoms with Gasteiger partial charge in [-0.05, 0) is 37.3 Å². The lowest BCUT2D eigenvalue weighted by Gasteiger charge is -2.34. The average molecular weight is 812 g/mol. The summed E-state index contributed by atoms with van der Waals surface area (Å²) >= 11 is 0. The van der Waals surface area contributed by atoms with Crippen molar-refractivity contribution in [2.45, 2.75) is 168 Å². The first-order valence-corrected chi connectivity index (χ1v) is 21.5. The fourth-order valence-corrected chi connectivity index (χ4v) is 6.77. The highest BCUT2D eigenvalue weighted by atomic mass is 16.6. The highest BCUT2D eigenvalue weighted by molar-refractivity contribution is 5.92. The van der Waals surface area contributed by atoms with Crippen molar-refractivity contribution in [3.05, 3.63) is 71.8 Å². The molecule has 326 valence electrons. The van der Waals surface area contributed by atoms with Gasteiger partial charge in [0.05, 0.1) is 44.0 Å². The Balaban J connectivity index is 2.27. The monoisotopic (exact) mass is 812 g/mol. The molecule has 0 saturated heterocycles. The summed E-state index contributed by atoms with van der Waals surface area (Å²) in [6.07, 6.45) is 10.8. The van der Waals surface area contributed by atoms with Gasteiger partial charge in [-0.3, -0.25) is 14.4 Å². The standard InChI is InChI=1S/C46H73N3O9/c1-7-8-9-10-11-12-13-14-15-16-23-28-39(57-30-37-26-21-18-22-27-37)33(4)42(34(5)45(53)54)58-46(55)38(31-56-29-36-24-19-17-20-25-36)48-44(52)41(35(6)50)49-43(51)40(47)32(2)3/h17-22,24-27,32-35,38-42,50H,7-16,23,28-31,47H2,1-6H3,(H,48,52)(H,49,51)(H,53,54)/t33-,34+,35+,38-,39+,40-,41-,42+/m0/s1. The zero-order chi connectivity index (χ0) is 42.9. The normalized spacial score (nSPS) is 15.7. The van der Waals surface area contributed by atoms with Gasteiger partial charge < -0.3 is 40.8 Å². The molecule has 0 aliphatic rings. The predicted molar refractivity (Wildman–Crippen MR) is 226 cm³/mol. The van der Waals surface area contributed by atoms with Gasteiger partial charge in [-0.15, -0.1) is 0 Å². The molecule has 0 spiro atoms. The highest BCUT2D eigenvalue weighted by Crippen LogP contribution is 2.28. The number of carboxylic acids is 1. The number of ether oxygens (including phenoxy) is 3. The molecule has 12 nitrogen and oxygen atoms in total. The number of hydrogen-bond donors (Lipinski definition) is 5. The molecular weight excluding hydrogens is 739 g/mol. The third kappa shape index (κ3) is 19.3. The van der Waals surface area contributed by atoms with Gasteiger partial charge in [0.1, 0.15) is 12.1 Å². The maximum Gasteiger partial charge on any atom is 0.331 e. The summed E-state index contributed by atoms with van der Waals surface area (Å²) in [5, 5.41) is 25.8. The predicted octanol–water partition coefficient (Wildman–Crippen LogP) is 7.09. The maximum absolute atomic E-state index is 14.1. The summed E-state index contributed by atoms with van der Waals surface area (Å²) in [6, 6.07) is 15.1. The SMILES string of the molecule is CCCCCCCCCCCCC[C@@H](OCc1ccccc1)[C@H](C)[C@@H](OC(=O)[C@H](COCc1ccccc1)NC(=O)[C@@H](NC(=O)[C@@H](N)C(C)C)[C@@H](C)O)[C@@H](C)C(=O)O. The van der Waals surface area contributed by atoms with Crippen LogP contribution in [0.2, 0.25) is 0 Å². The van der Waals surface area contributed by atoms with E-state index < -0.39 is 72.0 Å². The van der Waals surface area contributed by atoms with E-state index >= 15 is 0 Å². The molecule has 2 aromatic rings. The number of hydrogen-bond acceptors (Lipinski definition) is 9. The van der Waals surface area contributed by atoms with Gasteiger partial charge in [0.2, 0.25) is 11.8 Å². The van der Waals surface area contributed by atoms with Crippen molar-refractivity contribution in [3.63, 3.8) is 0 Å². The van der Waals surface area contributed by atoms with Crippen LogP contribution in [0.3, 0.4) is 0 Å². The van der Waals surface area contributed by atoms with Crippen LogP contribution in [0.5, 0.6) is 0 Å². The first-order chi connectivity index (χ1) is 27.8. The number of unbranched alkanes of at least 4 members (excludes halogenated alkanes) is 10. The Bertz CT molecular complexity index is 1440. The molecule has 0 heterocycles. The number of nitrogens with two attached hydrogens (primary N) is 1. The van der Waals surface area contributed by atoms with Crippen LogP contribution in [-0.4, -0.2) is 77.0 Å². The van der Waals surface area contributed by atoms with Gasteiger partial charge in [0, 0.05) is 5.92 Å². The van der Waals surface area contributed by atoms with Gasteiger partial charge in [-0.2, -0.15) is 0 Å². The zero-order valence-corrected chi connectivity index (χ0v) is 35.9. The molecule has 2 amide bonds. The van der Waals surface area contributed by atoms with Gasteiger partial charge in [0.25, 0.3) is 0 Å². The number of carbonyl (C=O) groups excluding carboxylic acids is 3. The van der Waals surface area contributed by atoms with Crippen molar-refractivity contribution in [2.24, 2.45) is 23.5 Å². The number of benzene rings is 2. The lowest BCUT2D eigenvalue weighted by atomic mass is 9.86. The Hall–Kier alpha value is -3.84. The average Bonchev–Trinajstić information content (AvgIpc) is 3.21. The Labute approximate surface area is 347 Å². The van der Waals surface area contributed by atoms with Crippen LogP contribution < -0.4 is 16.4 Å². The van der Waals surface area contributed by atoms with Crippen molar-refractivity contribution in [1.29, 1.82) is 0 Å². The summed E-state index contributed by atoms with van der Waals surface area (Å²) in [5.74, 6) is -5.48. The number of aliphatic hydroxyl groups is 1. The summed E-state index contributed by atoms with van der Waals surface area (Å²) in [5.41, 5.74) is 7.78. The van der Waals surface area contributed by atoms with Crippen LogP contribution in [0.4, 0.5) is 0 Å². The summed E-state index contributed by atoms with van der Waals surface area (Å²) in [7, 11) is 0. The van der Waals surface area contributed by atoms with E-state index in [0.29, 0.717) is 13.0 Å². The van der Waals surface area contributed by atoms with Crippen LogP contribution in [0.15, 0.2) is 60.7 Å². The molecule has 8 atom stereocenters. The molecule has 0 radical (unpaired) electrons. The van der Waals surface area contributed by atoms with E-state index in [9.17, 15) is 29.4 Å². The number of nitrogens with one attached hydrogen (secondary N) is 2. The molecule has 0 aromatic heterocycles. The molecule has 0 bridgehead atoms. The second kappa shape index (κ2) is 28.6. The first kappa shape index (κ1) is 50.3. The number of esters is 1. The molecule has 0 saturated carbocycles. The van der Waals surface area contributed by atoms with E-state index in [1.54, 1.807) is 13.8 Å². The van der Waals surface area contributed by atoms with Gasteiger partial charge >= 0.3 is 11.9 Å². The number of carbonyl (C=O) groups is 4. The fourth-order valence-electron chi connectivity index (χ4n) is 6.77. The third-order valence-electron chi connectivity index (χ3n) is 10.7. The number of carboxylic acid groups (broad SMARTS) is 1. The minimum absolute atomic E-state index is 0.111. The Morgan fingerprint density at radius 2 is 1.22 bits per heavy atom. The van der Waals surface area contributed by atoms with Crippen LogP contribution in [0.1, 0.15) is 130 Å². The number of aliphatic carboxylic acids is 1. The van der Waals surface area contributed by atoms with E-state index in [1.807, 2.05) is 67.6 Å². The topological polar surface area (TPSA) is 187 Å². The second-order valence-corrected chi connectivity index (χ2v) is 16.1. The second-order valence-electron chi connectivity index (χ2n) is 16.1. The van der Waals surface area contributed by atoms with E-state index in [0.717, 1.165) is 30.4 Å². The van der Waals surface area contributed by atoms with Crippen molar-refractivity contribution < 1.29 is 43.6 Å². The van der Waals surface area contributed by atoms with E-state index in [4.69, 9.17) is 19.9 Å². The minimum atomic E-state index is -1.45. The number of amides is 2. The largest absolute Gasteiger partial charge is 0.481 e. The number of rotatable bonds is 31. The van der Waals surface area contributed by atoms with Gasteiger partial charge in [0.15, 0.2) is 6.04 Å². The molecule has 2 rings (SSSR count). The molecule has 0 fully saturated rings. The Morgan fingerprint density at radius 3 is 1.72 bits per heavy atom. The smallest absolute Gasteiger partial charge is 0.331 e. The quantitative estimate of drug-likeness (QED) is 0.0389. The molecule has 12 heteroatoms. The van der Waals surface area contributed by atoms with Gasteiger partial charge in [-0.1, -0.05) is 159 Å². The van der Waals surface area contributed by atoms with E-state index in [2.05, 4.69) is 17.6 Å². The van der Waals surface area contributed by atoms with Crippen molar-refractivity contribution >= 4 is 23.8 Å². The molecule has 58 heavy (non-hydrogen) atoms. The van der Waals surface area contributed by atoms with Gasteiger partial charge in [-0.25, -0.2) is 4.79 Å². The summed E-state index contributed by atoms with van der Waals surface area (Å²) in [6.45, 7) is 10.5. The highest BCUT2D eigenvalue weighted by Gasteiger charge is 2.39. The van der Waals surface area contributed by atoms with Crippen molar-refractivity contribution in [3.8, 4) is 0 Å². The minimum Gasteiger partial charge on any atom is -0.481 e. The molecule has 6 N–H and O–H groups in total. The molecule has 0 unspecified atom stereocenters. The zero-order valence-electron chi connectivity index (χ0n) is 35.9. The molecule has 2 aromatic carbocycles. The molecule has 0 aliphatic heterocycles. The van der Waals surface area contributed by atoms with E-state index in [-0.39, 0.29) is 19.1 Å². The molecule has 0 aliphatic carbocycles. The number of aliphatic hydroxyl groups excluding tert-OH is 1. The van der Waals surface area contributed by atoms with Crippen LogP contribution in [0.25, 0.3) is 0 Å².